The third-order valence-electron chi connectivity index (χ3n) is 4.06. The first-order valence-corrected chi connectivity index (χ1v) is 11.1. The predicted molar refractivity (Wildman–Crippen MR) is 116 cm³/mol. The molecule has 1 N–H and O–H groups in total. The van der Waals surface area contributed by atoms with E-state index in [9.17, 15) is 13.2 Å². The van der Waals surface area contributed by atoms with Gasteiger partial charge in [0.15, 0.2) is 0 Å². The van der Waals surface area contributed by atoms with Gasteiger partial charge in [0.2, 0.25) is 10.0 Å². The van der Waals surface area contributed by atoms with Crippen LogP contribution in [0.3, 0.4) is 0 Å². The number of halogens is 1. The smallest absolute Gasteiger partial charge is 0.260 e. The van der Waals surface area contributed by atoms with Gasteiger partial charge in [0.25, 0.3) is 5.91 Å². The summed E-state index contributed by atoms with van der Waals surface area (Å²) in [5, 5.41) is 4.48. The second-order valence-corrected chi connectivity index (χ2v) is 8.71. The average molecular weight is 438 g/mol. The molecule has 7 nitrogen and oxygen atoms in total. The fourth-order valence-electron chi connectivity index (χ4n) is 2.47. The fourth-order valence-corrected chi connectivity index (χ4v) is 3.50. The number of carbonyl (C=O) groups is 1. The van der Waals surface area contributed by atoms with Crippen LogP contribution < -0.4 is 14.5 Å². The number of benzene rings is 2. The van der Waals surface area contributed by atoms with Gasteiger partial charge < -0.3 is 4.74 Å². The summed E-state index contributed by atoms with van der Waals surface area (Å²) in [5.74, 6) is 0.172. The molecule has 2 aromatic carbocycles. The van der Waals surface area contributed by atoms with E-state index in [1.165, 1.54) is 6.07 Å². The Morgan fingerprint density at radius 3 is 2.41 bits per heavy atom. The molecular formula is C20H24ClN3O4S. The normalized spacial score (nSPS) is 11.8. The topological polar surface area (TPSA) is 88.1 Å². The van der Waals surface area contributed by atoms with Crippen molar-refractivity contribution < 1.29 is 17.9 Å². The highest BCUT2D eigenvalue weighted by molar-refractivity contribution is 7.92. The Labute approximate surface area is 176 Å². The van der Waals surface area contributed by atoms with Crippen molar-refractivity contribution in [2.75, 3.05) is 23.7 Å². The van der Waals surface area contributed by atoms with Crippen molar-refractivity contribution in [3.8, 4) is 5.75 Å². The van der Waals surface area contributed by atoms with Gasteiger partial charge in [-0.1, -0.05) is 17.7 Å². The van der Waals surface area contributed by atoms with Crippen molar-refractivity contribution in [2.45, 2.75) is 20.8 Å². The number of anilines is 1. The summed E-state index contributed by atoms with van der Waals surface area (Å²) < 4.78 is 30.7. The highest BCUT2D eigenvalue weighted by Crippen LogP contribution is 2.24. The first-order valence-electron chi connectivity index (χ1n) is 8.92. The van der Waals surface area contributed by atoms with Gasteiger partial charge in [-0.2, -0.15) is 5.10 Å². The van der Waals surface area contributed by atoms with Crippen LogP contribution in [0.25, 0.3) is 0 Å². The third-order valence-corrected chi connectivity index (χ3v) is 5.61. The highest BCUT2D eigenvalue weighted by Gasteiger charge is 2.21. The number of hydrogen-bond acceptors (Lipinski definition) is 5. The van der Waals surface area contributed by atoms with Gasteiger partial charge >= 0.3 is 0 Å². The molecule has 9 heteroatoms. The number of ether oxygens (including phenoxy) is 1. The predicted octanol–water partition coefficient (Wildman–Crippen LogP) is 3.35. The van der Waals surface area contributed by atoms with E-state index in [1.54, 1.807) is 19.1 Å². The SMILES string of the molecule is CCOc1ccc(/C(C)=N\NC(=O)CN(c2ccc(C)c(Cl)c2)S(C)(=O)=O)cc1. The summed E-state index contributed by atoms with van der Waals surface area (Å²) in [6, 6.07) is 12.1. The molecule has 0 atom stereocenters. The molecule has 0 saturated heterocycles. The van der Waals surface area contributed by atoms with Crippen molar-refractivity contribution in [3.63, 3.8) is 0 Å². The molecule has 0 aliphatic carbocycles. The number of amides is 1. The maximum absolute atomic E-state index is 12.3. The lowest BCUT2D eigenvalue weighted by molar-refractivity contribution is -0.119. The van der Waals surface area contributed by atoms with Crippen molar-refractivity contribution in [1.82, 2.24) is 5.43 Å². The van der Waals surface area contributed by atoms with Gasteiger partial charge in [-0.3, -0.25) is 9.10 Å². The number of aryl methyl sites for hydroxylation is 1. The van der Waals surface area contributed by atoms with Gasteiger partial charge in [0.05, 0.1) is 24.3 Å². The van der Waals surface area contributed by atoms with Crippen LogP contribution in [0.2, 0.25) is 5.02 Å². The van der Waals surface area contributed by atoms with Crippen LogP contribution in [0.1, 0.15) is 25.0 Å². The van der Waals surface area contributed by atoms with E-state index in [0.29, 0.717) is 23.0 Å². The Kier molecular flexibility index (Phi) is 7.64. The quantitative estimate of drug-likeness (QED) is 0.506. The Morgan fingerprint density at radius 2 is 1.86 bits per heavy atom. The average Bonchev–Trinajstić information content (AvgIpc) is 2.66. The summed E-state index contributed by atoms with van der Waals surface area (Å²) in [4.78, 5) is 12.3. The first kappa shape index (κ1) is 22.7. The van der Waals surface area contributed by atoms with E-state index in [4.69, 9.17) is 16.3 Å². The van der Waals surface area contributed by atoms with Gasteiger partial charge in [0, 0.05) is 5.02 Å². The highest BCUT2D eigenvalue weighted by atomic mass is 35.5. The Bertz CT molecular complexity index is 1000. The van der Waals surface area contributed by atoms with Crippen LogP contribution >= 0.6 is 11.6 Å². The molecule has 0 fully saturated rings. The zero-order valence-electron chi connectivity index (χ0n) is 16.8. The molecule has 0 radical (unpaired) electrons. The molecular weight excluding hydrogens is 414 g/mol. The molecule has 29 heavy (non-hydrogen) atoms. The molecule has 0 heterocycles. The number of sulfonamides is 1. The second kappa shape index (κ2) is 9.76. The molecule has 0 bridgehead atoms. The molecule has 0 aromatic heterocycles. The maximum atomic E-state index is 12.3. The lowest BCUT2D eigenvalue weighted by Gasteiger charge is -2.22. The van der Waals surface area contributed by atoms with Crippen LogP contribution in [-0.4, -0.2) is 39.4 Å². The van der Waals surface area contributed by atoms with E-state index in [2.05, 4.69) is 10.5 Å². The molecule has 2 aromatic rings. The van der Waals surface area contributed by atoms with Crippen LogP contribution in [0, 0.1) is 6.92 Å². The van der Waals surface area contributed by atoms with Crippen LogP contribution in [0.4, 0.5) is 5.69 Å². The molecule has 2 rings (SSSR count). The Balaban J connectivity index is 2.11. The number of hydrazone groups is 1. The Morgan fingerprint density at radius 1 is 1.21 bits per heavy atom. The van der Waals surface area contributed by atoms with Gasteiger partial charge in [-0.25, -0.2) is 13.8 Å². The standard InChI is InChI=1S/C20H24ClN3O4S/c1-5-28-18-10-7-16(8-11-18)15(3)22-23-20(25)13-24(29(4,26)27)17-9-6-14(2)19(21)12-17/h6-12H,5,13H2,1-4H3,(H,23,25)/b22-15-. The third kappa shape index (κ3) is 6.47. The molecule has 0 aliphatic heterocycles. The maximum Gasteiger partial charge on any atom is 0.260 e. The van der Waals surface area contributed by atoms with Crippen molar-refractivity contribution >= 4 is 38.9 Å². The van der Waals surface area contributed by atoms with E-state index >= 15 is 0 Å². The van der Waals surface area contributed by atoms with Crippen LogP contribution in [-0.2, 0) is 14.8 Å². The fraction of sp³-hybridized carbons (Fsp3) is 0.300. The van der Waals surface area contributed by atoms with Crippen LogP contribution in [0.5, 0.6) is 5.75 Å². The number of nitrogens with zero attached hydrogens (tertiary/aromatic N) is 2. The molecule has 0 unspecified atom stereocenters. The van der Waals surface area contributed by atoms with Crippen LogP contribution in [0.15, 0.2) is 47.6 Å². The van der Waals surface area contributed by atoms with Crippen molar-refractivity contribution in [2.24, 2.45) is 5.10 Å². The monoisotopic (exact) mass is 437 g/mol. The minimum atomic E-state index is -3.69. The van der Waals surface area contributed by atoms with Crippen molar-refractivity contribution in [1.29, 1.82) is 0 Å². The number of hydrogen-bond donors (Lipinski definition) is 1. The first-order chi connectivity index (χ1) is 13.6. The van der Waals surface area contributed by atoms with Crippen molar-refractivity contribution in [3.05, 3.63) is 58.6 Å². The summed E-state index contributed by atoms with van der Waals surface area (Å²) in [5.41, 5.74) is 4.90. The van der Waals surface area contributed by atoms with Gasteiger partial charge in [-0.15, -0.1) is 0 Å². The Hall–Kier alpha value is -2.58. The lowest BCUT2D eigenvalue weighted by Crippen LogP contribution is -2.39. The van der Waals surface area contributed by atoms with E-state index < -0.39 is 22.5 Å². The molecule has 1 amide bonds. The molecule has 0 saturated carbocycles. The number of nitrogens with one attached hydrogen (secondary N) is 1. The van der Waals surface area contributed by atoms with E-state index in [1.807, 2.05) is 38.1 Å². The minimum absolute atomic E-state index is 0.311. The van der Waals surface area contributed by atoms with Gasteiger partial charge in [0.1, 0.15) is 12.3 Å². The van der Waals surface area contributed by atoms with Gasteiger partial charge in [-0.05, 0) is 68.3 Å². The zero-order valence-corrected chi connectivity index (χ0v) is 18.3. The number of rotatable bonds is 8. The zero-order chi connectivity index (χ0) is 21.6. The second-order valence-electron chi connectivity index (χ2n) is 6.39. The molecule has 0 aliphatic rings. The molecule has 0 spiro atoms. The summed E-state index contributed by atoms with van der Waals surface area (Å²) in [6.45, 7) is 5.61. The number of carbonyl (C=O) groups excluding carboxylic acids is 1. The summed E-state index contributed by atoms with van der Waals surface area (Å²) in [6.07, 6.45) is 1.03. The minimum Gasteiger partial charge on any atom is -0.494 e. The molecule has 156 valence electrons. The summed E-state index contributed by atoms with van der Waals surface area (Å²) >= 11 is 6.09. The van der Waals surface area contributed by atoms with E-state index in [0.717, 1.165) is 27.4 Å². The summed E-state index contributed by atoms with van der Waals surface area (Å²) in [7, 11) is -3.69. The lowest BCUT2D eigenvalue weighted by atomic mass is 10.1. The van der Waals surface area contributed by atoms with E-state index in [-0.39, 0.29) is 0 Å². The largest absolute Gasteiger partial charge is 0.494 e.